The van der Waals surface area contributed by atoms with Gasteiger partial charge >= 0.3 is 0 Å². The van der Waals surface area contributed by atoms with Gasteiger partial charge in [-0.2, -0.15) is 0 Å². The van der Waals surface area contributed by atoms with Crippen molar-refractivity contribution in [3.8, 4) is 11.5 Å². The SMILES string of the molecule is CCCCCCCCCc1cnc(C2CCC(Cc3cc(CCCCCCCC)ccc3Oc3ccc(CCCCCCCC)cc3CC3CCC(c4ncc(CCCCCCCCC)cn4)CC3)CC2)nc1. The first-order valence-electron chi connectivity index (χ1n) is 31.6. The highest BCUT2D eigenvalue weighted by Gasteiger charge is 2.28. The van der Waals surface area contributed by atoms with Gasteiger partial charge in [0.05, 0.1) is 0 Å². The summed E-state index contributed by atoms with van der Waals surface area (Å²) in [5.41, 5.74) is 8.40. The molecule has 0 radical (unpaired) electrons. The van der Waals surface area contributed by atoms with Gasteiger partial charge in [0, 0.05) is 36.6 Å². The lowest BCUT2D eigenvalue weighted by molar-refractivity contribution is 0.312. The molecule has 2 saturated carbocycles. The van der Waals surface area contributed by atoms with E-state index in [1.54, 1.807) is 0 Å². The summed E-state index contributed by atoms with van der Waals surface area (Å²) in [7, 11) is 0. The molecule has 2 aliphatic carbocycles. The van der Waals surface area contributed by atoms with Crippen molar-refractivity contribution in [1.29, 1.82) is 0 Å². The van der Waals surface area contributed by atoms with Crippen LogP contribution in [-0.2, 0) is 38.5 Å². The molecule has 6 rings (SSSR count). The van der Waals surface area contributed by atoms with Crippen molar-refractivity contribution in [2.45, 2.75) is 296 Å². The maximum absolute atomic E-state index is 7.25. The minimum absolute atomic E-state index is 0.476. The normalized spacial score (nSPS) is 18.1. The second-order valence-electron chi connectivity index (χ2n) is 23.5. The predicted molar refractivity (Wildman–Crippen MR) is 311 cm³/mol. The largest absolute Gasteiger partial charge is 0.457 e. The van der Waals surface area contributed by atoms with E-state index in [1.165, 1.54) is 252 Å². The Bertz CT molecular complexity index is 1870. The van der Waals surface area contributed by atoms with E-state index >= 15 is 0 Å². The van der Waals surface area contributed by atoms with Crippen molar-refractivity contribution in [1.82, 2.24) is 19.9 Å². The fourth-order valence-corrected chi connectivity index (χ4v) is 12.3. The number of unbranched alkanes of at least 4 members (excludes halogenated alkanes) is 22. The summed E-state index contributed by atoms with van der Waals surface area (Å²) in [6, 6.07) is 14.5. The Kier molecular flexibility index (Phi) is 28.6. The van der Waals surface area contributed by atoms with E-state index < -0.39 is 0 Å². The number of aromatic nitrogens is 4. The molecule has 2 aliphatic rings. The maximum atomic E-state index is 7.25. The molecular formula is C68H106N4O. The summed E-state index contributed by atoms with van der Waals surface area (Å²) < 4.78 is 7.25. The van der Waals surface area contributed by atoms with Gasteiger partial charge in [-0.25, -0.2) is 19.9 Å². The van der Waals surface area contributed by atoms with Gasteiger partial charge in [0.25, 0.3) is 0 Å². The number of rotatable bonds is 38. The molecule has 0 saturated heterocycles. The van der Waals surface area contributed by atoms with Gasteiger partial charge in [-0.3, -0.25) is 0 Å². The van der Waals surface area contributed by atoms with Crippen molar-refractivity contribution in [2.24, 2.45) is 11.8 Å². The summed E-state index contributed by atoms with van der Waals surface area (Å²) in [4.78, 5) is 19.9. The minimum Gasteiger partial charge on any atom is -0.457 e. The molecule has 0 spiro atoms. The van der Waals surface area contributed by atoms with Gasteiger partial charge < -0.3 is 4.74 Å². The molecule has 73 heavy (non-hydrogen) atoms. The number of nitrogens with zero attached hydrogens (tertiary/aromatic N) is 4. The van der Waals surface area contributed by atoms with Crippen LogP contribution in [0.5, 0.6) is 11.5 Å². The third-order valence-corrected chi connectivity index (χ3v) is 17.1. The molecule has 2 fully saturated rings. The van der Waals surface area contributed by atoms with Crippen LogP contribution in [0.4, 0.5) is 0 Å². The zero-order chi connectivity index (χ0) is 51.0. The van der Waals surface area contributed by atoms with Gasteiger partial charge in [0.15, 0.2) is 0 Å². The van der Waals surface area contributed by atoms with E-state index in [4.69, 9.17) is 24.7 Å². The standard InChI is InChI=1S/C68H106N4O/c1-5-9-13-17-21-25-29-33-59-51-69-67(70-52-59)61-41-35-57(36-42-61)49-63-47-55(31-27-23-19-15-11-7-3)39-45-65(63)73-66-46-40-56(32-28-24-20-16-12-8-4)48-64(66)50-58-37-43-62(44-38-58)68-71-53-60(54-72-68)34-30-26-22-18-14-10-6-2/h39-40,45-48,51-54,57-58,61-62H,5-38,41-44,49-50H2,1-4H3. The van der Waals surface area contributed by atoms with Crippen LogP contribution in [0.25, 0.3) is 0 Å². The van der Waals surface area contributed by atoms with Crippen LogP contribution < -0.4 is 4.74 Å². The average Bonchev–Trinajstić information content (AvgIpc) is 3.42. The van der Waals surface area contributed by atoms with Gasteiger partial charge in [0.2, 0.25) is 0 Å². The highest BCUT2D eigenvalue weighted by atomic mass is 16.5. The molecule has 404 valence electrons. The van der Waals surface area contributed by atoms with Crippen molar-refractivity contribution < 1.29 is 4.74 Å². The molecule has 0 bridgehead atoms. The van der Waals surface area contributed by atoms with Crippen molar-refractivity contribution in [3.05, 3.63) is 106 Å². The average molecular weight is 996 g/mol. The molecular weight excluding hydrogens is 889 g/mol. The number of hydrogen-bond acceptors (Lipinski definition) is 5. The van der Waals surface area contributed by atoms with Crippen molar-refractivity contribution in [2.75, 3.05) is 0 Å². The molecule has 5 heteroatoms. The molecule has 0 aliphatic heterocycles. The Morgan fingerprint density at radius 2 is 0.630 bits per heavy atom. The van der Waals surface area contributed by atoms with E-state index in [9.17, 15) is 0 Å². The molecule has 2 aromatic heterocycles. The Labute approximate surface area is 448 Å². The van der Waals surface area contributed by atoms with E-state index in [2.05, 4.69) is 88.9 Å². The Balaban J connectivity index is 1.09. The van der Waals surface area contributed by atoms with Crippen LogP contribution in [0.2, 0.25) is 0 Å². The molecule has 2 heterocycles. The van der Waals surface area contributed by atoms with Crippen molar-refractivity contribution >= 4 is 0 Å². The third kappa shape index (κ3) is 22.3. The molecule has 5 nitrogen and oxygen atoms in total. The highest BCUT2D eigenvalue weighted by Crippen LogP contribution is 2.41. The number of aryl methyl sites for hydroxylation is 4. The summed E-state index contributed by atoms with van der Waals surface area (Å²) in [5.74, 6) is 6.56. The van der Waals surface area contributed by atoms with Gasteiger partial charge in [-0.15, -0.1) is 0 Å². The minimum atomic E-state index is 0.476. The molecule has 4 aromatic rings. The fraction of sp³-hybridized carbons (Fsp3) is 0.706. The van der Waals surface area contributed by atoms with Crippen LogP contribution in [0.1, 0.15) is 303 Å². The molecule has 2 aromatic carbocycles. The van der Waals surface area contributed by atoms with E-state index in [0.29, 0.717) is 23.7 Å². The number of ether oxygens (including phenoxy) is 1. The molecule has 0 amide bonds. The van der Waals surface area contributed by atoms with Crippen LogP contribution in [0.15, 0.2) is 61.2 Å². The van der Waals surface area contributed by atoms with Crippen LogP contribution in [0.3, 0.4) is 0 Å². The zero-order valence-corrected chi connectivity index (χ0v) is 47.6. The Morgan fingerprint density at radius 1 is 0.342 bits per heavy atom. The monoisotopic (exact) mass is 995 g/mol. The second-order valence-corrected chi connectivity index (χ2v) is 23.5. The number of benzene rings is 2. The van der Waals surface area contributed by atoms with Crippen LogP contribution in [-0.4, -0.2) is 19.9 Å². The smallest absolute Gasteiger partial charge is 0.131 e. The van der Waals surface area contributed by atoms with Crippen LogP contribution >= 0.6 is 0 Å². The first kappa shape index (κ1) is 58.7. The van der Waals surface area contributed by atoms with E-state index in [0.717, 1.165) is 61.7 Å². The Morgan fingerprint density at radius 3 is 0.945 bits per heavy atom. The summed E-state index contributed by atoms with van der Waals surface area (Å²) >= 11 is 0. The first-order chi connectivity index (χ1) is 36.0. The highest BCUT2D eigenvalue weighted by molar-refractivity contribution is 5.45. The lowest BCUT2D eigenvalue weighted by Crippen LogP contribution is -2.18. The summed E-state index contributed by atoms with van der Waals surface area (Å²) in [6.07, 6.45) is 59.7. The van der Waals surface area contributed by atoms with Gasteiger partial charge in [-0.1, -0.05) is 193 Å². The Hall–Kier alpha value is -3.60. The lowest BCUT2D eigenvalue weighted by atomic mass is 9.78. The first-order valence-corrected chi connectivity index (χ1v) is 31.6. The third-order valence-electron chi connectivity index (χ3n) is 17.1. The number of hydrogen-bond donors (Lipinski definition) is 0. The maximum Gasteiger partial charge on any atom is 0.131 e. The van der Waals surface area contributed by atoms with E-state index in [1.807, 2.05) is 0 Å². The predicted octanol–water partition coefficient (Wildman–Crippen LogP) is 20.5. The van der Waals surface area contributed by atoms with Crippen LogP contribution in [0, 0.1) is 11.8 Å². The fourth-order valence-electron chi connectivity index (χ4n) is 12.3. The molecule has 0 atom stereocenters. The molecule has 0 N–H and O–H groups in total. The summed E-state index contributed by atoms with van der Waals surface area (Å²) in [6.45, 7) is 9.22. The summed E-state index contributed by atoms with van der Waals surface area (Å²) in [5, 5.41) is 0. The molecule has 0 unspecified atom stereocenters. The zero-order valence-electron chi connectivity index (χ0n) is 47.6. The van der Waals surface area contributed by atoms with Gasteiger partial charge in [-0.05, 0) is 173 Å². The quantitative estimate of drug-likeness (QED) is 0.0419. The topological polar surface area (TPSA) is 60.8 Å². The van der Waals surface area contributed by atoms with Gasteiger partial charge in [0.1, 0.15) is 23.1 Å². The van der Waals surface area contributed by atoms with Crippen molar-refractivity contribution in [3.63, 3.8) is 0 Å². The van der Waals surface area contributed by atoms with E-state index in [-0.39, 0.29) is 0 Å². The second kappa shape index (κ2) is 35.6. The lowest BCUT2D eigenvalue weighted by Gasteiger charge is -2.29.